The van der Waals surface area contributed by atoms with Crippen molar-refractivity contribution in [2.75, 3.05) is 0 Å². The van der Waals surface area contributed by atoms with E-state index in [0.29, 0.717) is 6.07 Å². The van der Waals surface area contributed by atoms with Gasteiger partial charge in [-0.15, -0.1) is 0 Å². The Morgan fingerprint density at radius 3 is 2.14 bits per heavy atom. The third-order valence-corrected chi connectivity index (χ3v) is 3.20. The number of ether oxygens (including phenoxy) is 1. The summed E-state index contributed by atoms with van der Waals surface area (Å²) < 4.78 is 70.0. The number of hydrogen-bond acceptors (Lipinski definition) is 1. The molecule has 0 fully saturated rings. The Morgan fingerprint density at radius 2 is 1.62 bits per heavy atom. The monoisotopic (exact) mass is 366 g/mol. The normalized spacial score (nSPS) is 11.5. The lowest BCUT2D eigenvalue weighted by Gasteiger charge is -2.15. The summed E-state index contributed by atoms with van der Waals surface area (Å²) in [6, 6.07) is 5.80. The second-order valence-electron chi connectivity index (χ2n) is 4.12. The molecule has 0 amide bonds. The van der Waals surface area contributed by atoms with Crippen molar-refractivity contribution in [3.63, 3.8) is 0 Å². The van der Waals surface area contributed by atoms with Crippen molar-refractivity contribution in [1.29, 1.82) is 0 Å². The van der Waals surface area contributed by atoms with Crippen molar-refractivity contribution in [3.8, 4) is 11.5 Å². The molecule has 0 N–H and O–H groups in total. The van der Waals surface area contributed by atoms with Crippen LogP contribution in [-0.4, -0.2) is 0 Å². The van der Waals surface area contributed by atoms with Crippen LogP contribution in [-0.2, 0) is 11.5 Å². The Kier molecular flexibility index (Phi) is 4.51. The fraction of sp³-hybridized carbons (Fsp3) is 0.143. The van der Waals surface area contributed by atoms with Gasteiger partial charge in [0.15, 0.2) is 0 Å². The van der Waals surface area contributed by atoms with Gasteiger partial charge in [0, 0.05) is 29.1 Å². The third kappa shape index (κ3) is 3.72. The number of hydrogen-bond donors (Lipinski definition) is 0. The Balaban J connectivity index is 2.45. The van der Waals surface area contributed by atoms with Gasteiger partial charge in [-0.25, -0.2) is 8.78 Å². The maximum Gasteiger partial charge on any atom is 0.416 e. The fourth-order valence-electron chi connectivity index (χ4n) is 1.78. The Morgan fingerprint density at radius 1 is 1.00 bits per heavy atom. The van der Waals surface area contributed by atoms with Crippen LogP contribution in [0.3, 0.4) is 0 Å². The molecule has 0 aliphatic heterocycles. The second kappa shape index (κ2) is 6.01. The Bertz CT molecular complexity index is 634. The first-order chi connectivity index (χ1) is 9.81. The Hall–Kier alpha value is -1.63. The van der Waals surface area contributed by atoms with E-state index >= 15 is 0 Å². The van der Waals surface area contributed by atoms with E-state index < -0.39 is 23.4 Å². The molecule has 0 spiro atoms. The molecule has 2 aromatic carbocycles. The molecule has 0 saturated carbocycles. The predicted octanol–water partition coefficient (Wildman–Crippen LogP) is 5.67. The van der Waals surface area contributed by atoms with Gasteiger partial charge in [0.2, 0.25) is 0 Å². The molecule has 0 atom stereocenters. The fourth-order valence-corrected chi connectivity index (χ4v) is 2.36. The summed E-state index contributed by atoms with van der Waals surface area (Å²) >= 11 is 2.97. The van der Waals surface area contributed by atoms with Crippen LogP contribution < -0.4 is 4.74 Å². The zero-order valence-electron chi connectivity index (χ0n) is 10.3. The maximum absolute atomic E-state index is 13.1. The summed E-state index contributed by atoms with van der Waals surface area (Å²) in [5.74, 6) is -2.09. The van der Waals surface area contributed by atoms with E-state index in [4.69, 9.17) is 4.74 Å². The van der Waals surface area contributed by atoms with Crippen molar-refractivity contribution in [3.05, 3.63) is 59.2 Å². The van der Waals surface area contributed by atoms with E-state index in [9.17, 15) is 22.0 Å². The van der Waals surface area contributed by atoms with Crippen molar-refractivity contribution in [2.45, 2.75) is 11.5 Å². The number of benzene rings is 2. The summed E-state index contributed by atoms with van der Waals surface area (Å²) in [5, 5.41) is -0.115. The van der Waals surface area contributed by atoms with E-state index in [2.05, 4.69) is 15.9 Å². The zero-order chi connectivity index (χ0) is 15.6. The first-order valence-electron chi connectivity index (χ1n) is 5.70. The highest BCUT2D eigenvalue weighted by Crippen LogP contribution is 2.38. The molecule has 7 heteroatoms. The molecular formula is C14H8BrF5O. The van der Waals surface area contributed by atoms with Crippen molar-refractivity contribution in [1.82, 2.24) is 0 Å². The lowest BCUT2D eigenvalue weighted by molar-refractivity contribution is -0.138. The predicted molar refractivity (Wildman–Crippen MR) is 70.5 cm³/mol. The molecule has 112 valence electrons. The molecular weight excluding hydrogens is 359 g/mol. The highest BCUT2D eigenvalue weighted by molar-refractivity contribution is 9.08. The molecule has 0 saturated heterocycles. The molecule has 0 bridgehead atoms. The standard InChI is InChI=1S/C14H8BrF5O/c15-7-11-12(14(18,19)20)2-1-3-13(11)21-10-5-8(16)4-9(17)6-10/h1-6H,7H2. The molecule has 0 heterocycles. The summed E-state index contributed by atoms with van der Waals surface area (Å²) in [7, 11) is 0. The van der Waals surface area contributed by atoms with Crippen LogP contribution in [0.2, 0.25) is 0 Å². The van der Waals surface area contributed by atoms with Gasteiger partial charge in [-0.1, -0.05) is 22.0 Å². The molecule has 0 aromatic heterocycles. The van der Waals surface area contributed by atoms with Gasteiger partial charge < -0.3 is 4.74 Å². The van der Waals surface area contributed by atoms with Crippen LogP contribution in [0.5, 0.6) is 11.5 Å². The summed E-state index contributed by atoms with van der Waals surface area (Å²) in [6.45, 7) is 0. The molecule has 2 aromatic rings. The lowest BCUT2D eigenvalue weighted by Crippen LogP contribution is -2.09. The minimum absolute atomic E-state index is 0.115. The zero-order valence-corrected chi connectivity index (χ0v) is 11.9. The second-order valence-corrected chi connectivity index (χ2v) is 4.68. The van der Waals surface area contributed by atoms with E-state index in [-0.39, 0.29) is 22.4 Å². The van der Waals surface area contributed by atoms with Gasteiger partial charge in [0.1, 0.15) is 23.1 Å². The van der Waals surface area contributed by atoms with E-state index in [1.165, 1.54) is 12.1 Å². The molecule has 0 aliphatic rings. The molecule has 0 radical (unpaired) electrons. The summed E-state index contributed by atoms with van der Waals surface area (Å²) in [4.78, 5) is 0. The maximum atomic E-state index is 13.1. The lowest BCUT2D eigenvalue weighted by atomic mass is 10.1. The molecule has 0 aliphatic carbocycles. The minimum atomic E-state index is -4.55. The van der Waals surface area contributed by atoms with Crippen molar-refractivity contribution >= 4 is 15.9 Å². The Labute approximate surface area is 125 Å². The van der Waals surface area contributed by atoms with Gasteiger partial charge >= 0.3 is 6.18 Å². The third-order valence-electron chi connectivity index (χ3n) is 2.64. The van der Waals surface area contributed by atoms with Crippen LogP contribution in [0.4, 0.5) is 22.0 Å². The van der Waals surface area contributed by atoms with Crippen LogP contribution in [0, 0.1) is 11.6 Å². The van der Waals surface area contributed by atoms with Gasteiger partial charge in [0.05, 0.1) is 5.56 Å². The molecule has 21 heavy (non-hydrogen) atoms. The van der Waals surface area contributed by atoms with Gasteiger partial charge in [-0.3, -0.25) is 0 Å². The average Bonchev–Trinajstić information content (AvgIpc) is 2.36. The summed E-state index contributed by atoms with van der Waals surface area (Å²) in [5.41, 5.74) is -1.01. The highest BCUT2D eigenvalue weighted by Gasteiger charge is 2.34. The summed E-state index contributed by atoms with van der Waals surface area (Å²) in [6.07, 6.45) is -4.55. The quantitative estimate of drug-likeness (QED) is 0.502. The molecule has 0 unspecified atom stereocenters. The van der Waals surface area contributed by atoms with Crippen LogP contribution >= 0.6 is 15.9 Å². The average molecular weight is 367 g/mol. The number of alkyl halides is 4. The highest BCUT2D eigenvalue weighted by atomic mass is 79.9. The first kappa shape index (κ1) is 15.8. The van der Waals surface area contributed by atoms with Crippen LogP contribution in [0.1, 0.15) is 11.1 Å². The van der Waals surface area contributed by atoms with Crippen LogP contribution in [0.25, 0.3) is 0 Å². The molecule has 1 nitrogen and oxygen atoms in total. The van der Waals surface area contributed by atoms with E-state index in [0.717, 1.165) is 18.2 Å². The van der Waals surface area contributed by atoms with Gasteiger partial charge in [-0.05, 0) is 12.1 Å². The van der Waals surface area contributed by atoms with Crippen LogP contribution in [0.15, 0.2) is 36.4 Å². The SMILES string of the molecule is Fc1cc(F)cc(Oc2cccc(C(F)(F)F)c2CBr)c1. The van der Waals surface area contributed by atoms with E-state index in [1.54, 1.807) is 0 Å². The van der Waals surface area contributed by atoms with Crippen molar-refractivity contribution in [2.24, 2.45) is 0 Å². The molecule has 2 rings (SSSR count). The topological polar surface area (TPSA) is 9.23 Å². The van der Waals surface area contributed by atoms with Gasteiger partial charge in [0.25, 0.3) is 0 Å². The first-order valence-corrected chi connectivity index (χ1v) is 6.82. The van der Waals surface area contributed by atoms with E-state index in [1.807, 2.05) is 0 Å². The minimum Gasteiger partial charge on any atom is -0.457 e. The smallest absolute Gasteiger partial charge is 0.416 e. The number of halogens is 6. The van der Waals surface area contributed by atoms with Crippen molar-refractivity contribution < 1.29 is 26.7 Å². The largest absolute Gasteiger partial charge is 0.457 e. The van der Waals surface area contributed by atoms with Gasteiger partial charge in [-0.2, -0.15) is 13.2 Å². The number of rotatable bonds is 3.